The average molecular weight is 367 g/mol. The van der Waals surface area contributed by atoms with E-state index in [0.29, 0.717) is 23.5 Å². The highest BCUT2D eigenvalue weighted by atomic mass is 16.5. The van der Waals surface area contributed by atoms with Gasteiger partial charge in [-0.3, -0.25) is 9.69 Å². The van der Waals surface area contributed by atoms with E-state index in [9.17, 15) is 4.79 Å². The third-order valence-electron chi connectivity index (χ3n) is 5.35. The first-order chi connectivity index (χ1) is 13.2. The van der Waals surface area contributed by atoms with Crippen LogP contribution in [0.5, 0.6) is 17.2 Å². The summed E-state index contributed by atoms with van der Waals surface area (Å²) in [6, 6.07) is 11.7. The molecule has 1 aliphatic carbocycles. The minimum Gasteiger partial charge on any atom is -0.493 e. The highest BCUT2D eigenvalue weighted by Crippen LogP contribution is 2.36. The molecule has 4 rings (SSSR count). The third-order valence-corrected chi connectivity index (χ3v) is 5.35. The fraction of sp³-hybridized carbons (Fsp3) is 0.409. The monoisotopic (exact) mass is 367 g/mol. The van der Waals surface area contributed by atoms with Crippen LogP contribution in [0.15, 0.2) is 36.4 Å². The summed E-state index contributed by atoms with van der Waals surface area (Å²) in [7, 11) is 3.17. The highest BCUT2D eigenvalue weighted by Gasteiger charge is 2.33. The second-order valence-electron chi connectivity index (χ2n) is 7.17. The maximum absolute atomic E-state index is 12.8. The summed E-state index contributed by atoms with van der Waals surface area (Å²) < 4.78 is 16.7. The molecule has 0 bridgehead atoms. The fourth-order valence-corrected chi connectivity index (χ4v) is 3.96. The molecular formula is C22H25NO4. The van der Waals surface area contributed by atoms with Gasteiger partial charge in [0.25, 0.3) is 0 Å². The summed E-state index contributed by atoms with van der Waals surface area (Å²) >= 11 is 0. The van der Waals surface area contributed by atoms with Crippen molar-refractivity contribution in [3.8, 4) is 17.2 Å². The second kappa shape index (κ2) is 7.61. The number of rotatable bonds is 6. The Morgan fingerprint density at radius 1 is 1.04 bits per heavy atom. The molecule has 0 radical (unpaired) electrons. The molecule has 1 unspecified atom stereocenters. The summed E-state index contributed by atoms with van der Waals surface area (Å²) in [5, 5.41) is 0. The number of carbonyl (C=O) groups is 1. The van der Waals surface area contributed by atoms with Gasteiger partial charge in [0.2, 0.25) is 5.78 Å². The molecule has 0 N–H and O–H groups in total. The van der Waals surface area contributed by atoms with Gasteiger partial charge >= 0.3 is 0 Å². The average Bonchev–Trinajstić information content (AvgIpc) is 3.29. The molecule has 0 aromatic heterocycles. The smallest absolute Gasteiger partial charge is 0.204 e. The van der Waals surface area contributed by atoms with E-state index < -0.39 is 6.10 Å². The normalized spacial score (nSPS) is 19.2. The van der Waals surface area contributed by atoms with Crippen molar-refractivity contribution in [3.63, 3.8) is 0 Å². The lowest BCUT2D eigenvalue weighted by molar-refractivity contribution is 0.0821. The van der Waals surface area contributed by atoms with Crippen molar-refractivity contribution in [1.82, 2.24) is 4.90 Å². The van der Waals surface area contributed by atoms with E-state index in [1.807, 2.05) is 18.2 Å². The molecule has 5 heteroatoms. The zero-order valence-electron chi connectivity index (χ0n) is 15.9. The van der Waals surface area contributed by atoms with Crippen LogP contribution >= 0.6 is 0 Å². The van der Waals surface area contributed by atoms with Gasteiger partial charge in [0, 0.05) is 18.5 Å². The molecule has 0 amide bonds. The molecule has 2 aliphatic rings. The highest BCUT2D eigenvalue weighted by molar-refractivity contribution is 6.04. The lowest BCUT2D eigenvalue weighted by atomic mass is 10.1. The zero-order valence-corrected chi connectivity index (χ0v) is 15.9. The van der Waals surface area contributed by atoms with Crippen LogP contribution in [0.3, 0.4) is 0 Å². The standard InChI is InChI=1S/C22H25NO4/c1-25-19-11-16-12-21(22(24)18(16)13-20(19)26-2)27-17-7-5-6-15(10-17)14-23-8-3-4-9-23/h5-7,10-11,13,21H,3-4,8-9,12,14H2,1-2H3. The van der Waals surface area contributed by atoms with Crippen LogP contribution in [0.1, 0.15) is 34.3 Å². The molecule has 0 spiro atoms. The number of ketones is 1. The number of likely N-dealkylation sites (tertiary alicyclic amines) is 1. The first-order valence-electron chi connectivity index (χ1n) is 9.45. The number of hydrogen-bond acceptors (Lipinski definition) is 5. The van der Waals surface area contributed by atoms with Gasteiger partial charge in [-0.15, -0.1) is 0 Å². The van der Waals surface area contributed by atoms with Gasteiger partial charge in [-0.05, 0) is 61.3 Å². The van der Waals surface area contributed by atoms with Crippen LogP contribution in [0.25, 0.3) is 0 Å². The molecule has 1 heterocycles. The summed E-state index contributed by atoms with van der Waals surface area (Å²) in [4.78, 5) is 15.3. The maximum Gasteiger partial charge on any atom is 0.204 e. The molecule has 27 heavy (non-hydrogen) atoms. The summed E-state index contributed by atoms with van der Waals surface area (Å²) in [5.41, 5.74) is 2.82. The number of fused-ring (bicyclic) bond motifs is 1. The van der Waals surface area contributed by atoms with Crippen molar-refractivity contribution in [2.75, 3.05) is 27.3 Å². The van der Waals surface area contributed by atoms with Gasteiger partial charge in [0.05, 0.1) is 14.2 Å². The molecule has 1 fully saturated rings. The SMILES string of the molecule is COc1cc2c(cc1OC)C(=O)C(Oc1cccc(CN3CCCC3)c1)C2. The molecule has 2 aromatic rings. The molecule has 1 saturated heterocycles. The Labute approximate surface area is 159 Å². The van der Waals surface area contributed by atoms with E-state index >= 15 is 0 Å². The minimum atomic E-state index is -0.501. The lowest BCUT2D eigenvalue weighted by Crippen LogP contribution is -2.23. The first kappa shape index (κ1) is 17.9. The van der Waals surface area contributed by atoms with E-state index in [-0.39, 0.29) is 5.78 Å². The van der Waals surface area contributed by atoms with Crippen molar-refractivity contribution in [2.45, 2.75) is 31.9 Å². The number of nitrogens with zero attached hydrogens (tertiary/aromatic N) is 1. The summed E-state index contributed by atoms with van der Waals surface area (Å²) in [5.74, 6) is 1.95. The molecule has 5 nitrogen and oxygen atoms in total. The molecule has 1 aliphatic heterocycles. The van der Waals surface area contributed by atoms with Gasteiger partial charge in [-0.25, -0.2) is 0 Å². The van der Waals surface area contributed by atoms with E-state index in [0.717, 1.165) is 30.9 Å². The molecular weight excluding hydrogens is 342 g/mol. The molecule has 142 valence electrons. The Bertz CT molecular complexity index is 842. The lowest BCUT2D eigenvalue weighted by Gasteiger charge is -2.16. The Hall–Kier alpha value is -2.53. The summed E-state index contributed by atoms with van der Waals surface area (Å²) in [6.07, 6.45) is 2.60. The topological polar surface area (TPSA) is 48.0 Å². The predicted molar refractivity (Wildman–Crippen MR) is 103 cm³/mol. The van der Waals surface area contributed by atoms with E-state index in [2.05, 4.69) is 17.0 Å². The Morgan fingerprint density at radius 2 is 1.78 bits per heavy atom. The Morgan fingerprint density at radius 3 is 2.52 bits per heavy atom. The van der Waals surface area contributed by atoms with Crippen LogP contribution in [0, 0.1) is 0 Å². The third kappa shape index (κ3) is 3.65. The number of carbonyl (C=O) groups excluding carboxylic acids is 1. The second-order valence-corrected chi connectivity index (χ2v) is 7.17. The summed E-state index contributed by atoms with van der Waals surface area (Å²) in [6.45, 7) is 3.25. The fourth-order valence-electron chi connectivity index (χ4n) is 3.96. The van der Waals surface area contributed by atoms with Crippen LogP contribution < -0.4 is 14.2 Å². The quantitative estimate of drug-likeness (QED) is 0.782. The van der Waals surface area contributed by atoms with Gasteiger partial charge in [0.15, 0.2) is 17.6 Å². The van der Waals surface area contributed by atoms with Crippen LogP contribution in [0.4, 0.5) is 0 Å². The van der Waals surface area contributed by atoms with Crippen molar-refractivity contribution in [1.29, 1.82) is 0 Å². The van der Waals surface area contributed by atoms with Gasteiger partial charge in [0.1, 0.15) is 5.75 Å². The number of benzene rings is 2. The first-order valence-corrected chi connectivity index (χ1v) is 9.45. The van der Waals surface area contributed by atoms with Crippen LogP contribution in [0.2, 0.25) is 0 Å². The van der Waals surface area contributed by atoms with E-state index in [4.69, 9.17) is 14.2 Å². The van der Waals surface area contributed by atoms with Gasteiger partial charge in [-0.2, -0.15) is 0 Å². The van der Waals surface area contributed by atoms with Gasteiger partial charge < -0.3 is 14.2 Å². The minimum absolute atomic E-state index is 0.00380. The van der Waals surface area contributed by atoms with E-state index in [1.165, 1.54) is 18.4 Å². The number of methoxy groups -OCH3 is 2. The molecule has 0 saturated carbocycles. The van der Waals surface area contributed by atoms with Crippen LogP contribution in [-0.4, -0.2) is 44.1 Å². The van der Waals surface area contributed by atoms with E-state index in [1.54, 1.807) is 20.3 Å². The van der Waals surface area contributed by atoms with Crippen molar-refractivity contribution in [3.05, 3.63) is 53.1 Å². The predicted octanol–water partition coefficient (Wildman–Crippen LogP) is 3.49. The van der Waals surface area contributed by atoms with Crippen molar-refractivity contribution in [2.24, 2.45) is 0 Å². The van der Waals surface area contributed by atoms with Crippen molar-refractivity contribution >= 4 is 5.78 Å². The van der Waals surface area contributed by atoms with Crippen LogP contribution in [-0.2, 0) is 13.0 Å². The number of Topliss-reactive ketones (excluding diaryl/α,β-unsaturated/α-hetero) is 1. The molecule has 1 atom stereocenters. The Balaban J connectivity index is 1.49. The van der Waals surface area contributed by atoms with Gasteiger partial charge in [-0.1, -0.05) is 12.1 Å². The maximum atomic E-state index is 12.8. The Kier molecular flexibility index (Phi) is 5.03. The zero-order chi connectivity index (χ0) is 18.8. The number of hydrogen-bond donors (Lipinski definition) is 0. The van der Waals surface area contributed by atoms with Crippen molar-refractivity contribution < 1.29 is 19.0 Å². The molecule has 2 aromatic carbocycles. The number of ether oxygens (including phenoxy) is 3. The largest absolute Gasteiger partial charge is 0.493 e.